The predicted molar refractivity (Wildman–Crippen MR) is 120 cm³/mol. The number of carbonyl (C=O) groups excluding carboxylic acids is 3. The summed E-state index contributed by atoms with van der Waals surface area (Å²) in [5, 5.41) is -0.430. The predicted octanol–water partition coefficient (Wildman–Crippen LogP) is 2.12. The number of likely N-dealkylation sites (tertiary alicyclic amines) is 1. The molecular weight excluding hydrogens is 452 g/mol. The zero-order chi connectivity index (χ0) is 23.3. The molecule has 1 fully saturated rings. The number of carbonyl (C=O) groups is 3. The summed E-state index contributed by atoms with van der Waals surface area (Å²) in [6.07, 6.45) is 2.96. The van der Waals surface area contributed by atoms with E-state index in [0.29, 0.717) is 42.6 Å². The van der Waals surface area contributed by atoms with Crippen molar-refractivity contribution in [2.75, 3.05) is 25.6 Å². The van der Waals surface area contributed by atoms with E-state index in [4.69, 9.17) is 0 Å². The number of fused-ring (bicyclic) bond motifs is 2. The first kappa shape index (κ1) is 22.3. The zero-order valence-corrected chi connectivity index (χ0v) is 19.2. The first-order valence-electron chi connectivity index (χ1n) is 10.0. The van der Waals surface area contributed by atoms with Gasteiger partial charge in [-0.2, -0.15) is 0 Å². The molecule has 0 aromatic heterocycles. The van der Waals surface area contributed by atoms with Crippen LogP contribution in [0.1, 0.15) is 55.0 Å². The topological polar surface area (TPSA) is 118 Å². The molecule has 10 heteroatoms. The van der Waals surface area contributed by atoms with Crippen LogP contribution in [0.3, 0.4) is 0 Å². The summed E-state index contributed by atoms with van der Waals surface area (Å²) in [5.74, 6) is -0.841. The molecule has 8 nitrogen and oxygen atoms in total. The number of hydrogen-bond acceptors (Lipinski definition) is 6. The fraction of sp³-hybridized carbons (Fsp3) is 0.318. The maximum atomic E-state index is 13.0. The van der Waals surface area contributed by atoms with Gasteiger partial charge in [-0.1, -0.05) is 24.3 Å². The van der Waals surface area contributed by atoms with Crippen LogP contribution in [0.25, 0.3) is 0 Å². The highest BCUT2D eigenvalue weighted by Gasteiger charge is 2.32. The van der Waals surface area contributed by atoms with Gasteiger partial charge in [0.2, 0.25) is 0 Å². The van der Waals surface area contributed by atoms with E-state index in [2.05, 4.69) is 3.77 Å². The van der Waals surface area contributed by atoms with Gasteiger partial charge in [-0.15, -0.1) is 3.77 Å². The number of ketones is 2. The van der Waals surface area contributed by atoms with Crippen molar-refractivity contribution in [3.63, 3.8) is 0 Å². The number of hydrogen-bond donors (Lipinski definition) is 0. The average molecular weight is 475 g/mol. The van der Waals surface area contributed by atoms with Crippen LogP contribution in [0.2, 0.25) is 0 Å². The van der Waals surface area contributed by atoms with Crippen molar-refractivity contribution in [2.24, 2.45) is 3.77 Å². The maximum absolute atomic E-state index is 13.0. The van der Waals surface area contributed by atoms with Gasteiger partial charge in [-0.05, 0) is 31.0 Å². The minimum atomic E-state index is -3.73. The third-order valence-corrected chi connectivity index (χ3v) is 9.78. The normalized spacial score (nSPS) is 18.5. The van der Waals surface area contributed by atoms with Gasteiger partial charge in [0, 0.05) is 52.4 Å². The molecule has 0 bridgehead atoms. The van der Waals surface area contributed by atoms with E-state index in [1.807, 2.05) is 0 Å². The fourth-order valence-electron chi connectivity index (χ4n) is 4.24. The summed E-state index contributed by atoms with van der Waals surface area (Å²) in [6.45, 7) is 0.584. The quantitative estimate of drug-likeness (QED) is 0.574. The molecule has 1 saturated heterocycles. The number of benzene rings is 2. The molecular formula is C22H22N2O6S2. The van der Waals surface area contributed by atoms with Crippen molar-refractivity contribution in [2.45, 2.75) is 18.1 Å². The van der Waals surface area contributed by atoms with Crippen LogP contribution in [0, 0.1) is 0 Å². The number of sulfonamides is 1. The number of rotatable bonds is 3. The molecule has 2 aromatic rings. The molecule has 0 saturated carbocycles. The minimum Gasteiger partial charge on any atom is -0.339 e. The molecule has 32 heavy (non-hydrogen) atoms. The Morgan fingerprint density at radius 2 is 1.41 bits per heavy atom. The van der Waals surface area contributed by atoms with Gasteiger partial charge in [-0.3, -0.25) is 14.4 Å². The summed E-state index contributed by atoms with van der Waals surface area (Å²) in [6, 6.07) is 11.1. The van der Waals surface area contributed by atoms with E-state index in [1.165, 1.54) is 24.5 Å². The monoisotopic (exact) mass is 474 g/mol. The van der Waals surface area contributed by atoms with Crippen molar-refractivity contribution >= 4 is 37.2 Å². The van der Waals surface area contributed by atoms with Gasteiger partial charge in [-0.25, -0.2) is 12.6 Å². The lowest BCUT2D eigenvalue weighted by molar-refractivity contribution is 0.0726. The number of amides is 1. The number of piperidine rings is 1. The second-order valence-electron chi connectivity index (χ2n) is 8.12. The standard InChI is InChI=1S/C22H22N2O6S2/c1-31(28,23-32(2,29)30)15-9-11-24(12-10-15)22(27)14-7-8-18-19(13-14)21(26)17-6-4-3-5-16(17)20(18)25/h3-8,13,15H,9-12H2,1-2H3. The van der Waals surface area contributed by atoms with Crippen LogP contribution in [0.15, 0.2) is 46.2 Å². The van der Waals surface area contributed by atoms with Crippen LogP contribution >= 0.6 is 0 Å². The van der Waals surface area contributed by atoms with Crippen molar-refractivity contribution in [1.82, 2.24) is 4.90 Å². The smallest absolute Gasteiger partial charge is 0.257 e. The molecule has 1 amide bonds. The summed E-state index contributed by atoms with van der Waals surface area (Å²) in [4.78, 5) is 40.3. The highest BCUT2D eigenvalue weighted by molar-refractivity contribution is 8.02. The Morgan fingerprint density at radius 3 is 1.97 bits per heavy atom. The van der Waals surface area contributed by atoms with Crippen LogP contribution < -0.4 is 0 Å². The second kappa shape index (κ2) is 7.93. The van der Waals surface area contributed by atoms with Crippen molar-refractivity contribution in [3.05, 3.63) is 70.3 Å². The molecule has 1 unspecified atom stereocenters. The molecule has 4 rings (SSSR count). The van der Waals surface area contributed by atoms with Gasteiger partial charge in [0.25, 0.3) is 15.9 Å². The average Bonchev–Trinajstić information content (AvgIpc) is 2.75. The first-order valence-corrected chi connectivity index (χ1v) is 13.9. The Balaban J connectivity index is 1.55. The van der Waals surface area contributed by atoms with Gasteiger partial charge < -0.3 is 4.90 Å². The lowest BCUT2D eigenvalue weighted by atomic mass is 9.83. The zero-order valence-electron chi connectivity index (χ0n) is 17.6. The van der Waals surface area contributed by atoms with Gasteiger partial charge in [0.15, 0.2) is 11.6 Å². The summed E-state index contributed by atoms with van der Waals surface area (Å²) in [5.41, 5.74) is 1.45. The van der Waals surface area contributed by atoms with Gasteiger partial charge >= 0.3 is 0 Å². The highest BCUT2D eigenvalue weighted by Crippen LogP contribution is 2.29. The van der Waals surface area contributed by atoms with E-state index in [1.54, 1.807) is 29.2 Å². The Morgan fingerprint density at radius 1 is 0.875 bits per heavy atom. The molecule has 0 radical (unpaired) electrons. The van der Waals surface area contributed by atoms with E-state index in [9.17, 15) is 27.0 Å². The van der Waals surface area contributed by atoms with Crippen molar-refractivity contribution < 1.29 is 27.0 Å². The first-order chi connectivity index (χ1) is 15.0. The maximum Gasteiger partial charge on any atom is 0.257 e. The Hall–Kier alpha value is -2.85. The Kier molecular flexibility index (Phi) is 5.54. The second-order valence-corrected chi connectivity index (χ2v) is 12.6. The molecule has 1 heterocycles. The highest BCUT2D eigenvalue weighted by atomic mass is 32.3. The summed E-state index contributed by atoms with van der Waals surface area (Å²) < 4.78 is 39.1. The van der Waals surface area contributed by atoms with E-state index in [0.717, 1.165) is 6.26 Å². The Labute approximate surface area is 186 Å². The number of nitrogens with zero attached hydrogens (tertiary/aromatic N) is 2. The molecule has 2 aromatic carbocycles. The molecule has 0 spiro atoms. The molecule has 0 N–H and O–H groups in total. The van der Waals surface area contributed by atoms with Crippen LogP contribution in [0.5, 0.6) is 0 Å². The summed E-state index contributed by atoms with van der Waals surface area (Å²) in [7, 11) is -6.68. The summed E-state index contributed by atoms with van der Waals surface area (Å²) >= 11 is 0. The van der Waals surface area contributed by atoms with Gasteiger partial charge in [0.05, 0.1) is 16.0 Å². The fourth-order valence-corrected chi connectivity index (χ4v) is 7.96. The van der Waals surface area contributed by atoms with Crippen LogP contribution in [-0.2, 0) is 19.8 Å². The molecule has 1 aliphatic carbocycles. The van der Waals surface area contributed by atoms with Crippen molar-refractivity contribution in [1.29, 1.82) is 0 Å². The molecule has 1 aliphatic heterocycles. The molecule has 1 atom stereocenters. The largest absolute Gasteiger partial charge is 0.339 e. The SMILES string of the molecule is CS(=O)(=O)N=S(C)(=O)C1CCN(C(=O)c2ccc3c(c2)C(=O)c2ccccc2C3=O)CC1. The van der Waals surface area contributed by atoms with Crippen molar-refractivity contribution in [3.8, 4) is 0 Å². The lowest BCUT2D eigenvalue weighted by Crippen LogP contribution is -2.42. The molecule has 2 aliphatic rings. The minimum absolute atomic E-state index is 0.206. The third kappa shape index (κ3) is 4.12. The third-order valence-electron chi connectivity index (χ3n) is 5.80. The van der Waals surface area contributed by atoms with Crippen LogP contribution in [-0.4, -0.2) is 65.9 Å². The molecule has 168 valence electrons. The van der Waals surface area contributed by atoms with E-state index in [-0.39, 0.29) is 28.6 Å². The van der Waals surface area contributed by atoms with Gasteiger partial charge in [0.1, 0.15) is 0 Å². The van der Waals surface area contributed by atoms with E-state index < -0.39 is 25.0 Å². The van der Waals surface area contributed by atoms with E-state index >= 15 is 0 Å². The Bertz CT molecular complexity index is 1380. The lowest BCUT2D eigenvalue weighted by Gasteiger charge is -2.32. The van der Waals surface area contributed by atoms with Crippen LogP contribution in [0.4, 0.5) is 0 Å².